The van der Waals surface area contributed by atoms with Crippen molar-refractivity contribution in [2.24, 2.45) is 5.92 Å². The van der Waals surface area contributed by atoms with Crippen LogP contribution in [-0.2, 0) is 18.9 Å². The molecule has 10 nitrogen and oxygen atoms in total. The molecule has 10 heteroatoms. The topological polar surface area (TPSA) is 96.5 Å². The molecule has 1 N–H and O–H groups in total. The Morgan fingerprint density at radius 1 is 0.833 bits per heavy atom. The molecule has 2 atom stereocenters. The summed E-state index contributed by atoms with van der Waals surface area (Å²) in [7, 11) is 6.73. The molecular formula is C44H59N3O7. The average Bonchev–Trinajstić information content (AvgIpc) is 3.55. The van der Waals surface area contributed by atoms with Crippen LogP contribution in [0.2, 0.25) is 0 Å². The summed E-state index contributed by atoms with van der Waals surface area (Å²) in [6, 6.07) is 5.53. The van der Waals surface area contributed by atoms with Gasteiger partial charge in [-0.05, 0) is 67.4 Å². The van der Waals surface area contributed by atoms with Gasteiger partial charge in [-0.1, -0.05) is 73.2 Å². The van der Waals surface area contributed by atoms with Crippen molar-refractivity contribution >= 4 is 16.7 Å². The van der Waals surface area contributed by atoms with Crippen LogP contribution in [0.3, 0.4) is 0 Å². The predicted octanol–water partition coefficient (Wildman–Crippen LogP) is 7.88. The number of methoxy groups -OCH3 is 4. The second-order valence-electron chi connectivity index (χ2n) is 13.7. The van der Waals surface area contributed by atoms with Gasteiger partial charge in [0.1, 0.15) is 12.4 Å². The zero-order chi connectivity index (χ0) is 38.1. The van der Waals surface area contributed by atoms with Crippen LogP contribution >= 0.6 is 0 Å². The summed E-state index contributed by atoms with van der Waals surface area (Å²) in [5.41, 5.74) is 8.03. The van der Waals surface area contributed by atoms with Gasteiger partial charge >= 0.3 is 0 Å². The molecule has 0 saturated carbocycles. The van der Waals surface area contributed by atoms with E-state index in [9.17, 15) is 0 Å². The Kier molecular flexibility index (Phi) is 16.4. The van der Waals surface area contributed by atoms with Crippen molar-refractivity contribution in [2.45, 2.75) is 45.6 Å². The van der Waals surface area contributed by atoms with Gasteiger partial charge < -0.3 is 38.1 Å². The highest BCUT2D eigenvalue weighted by Crippen LogP contribution is 2.37. The quantitative estimate of drug-likeness (QED) is 0.121. The van der Waals surface area contributed by atoms with Crippen molar-refractivity contribution in [3.05, 3.63) is 101 Å². The Labute approximate surface area is 321 Å². The van der Waals surface area contributed by atoms with Gasteiger partial charge in [0.15, 0.2) is 11.5 Å². The first kappa shape index (κ1) is 41.0. The van der Waals surface area contributed by atoms with E-state index in [2.05, 4.69) is 78.4 Å². The highest BCUT2D eigenvalue weighted by Gasteiger charge is 2.23. The molecule has 0 saturated heterocycles. The summed E-state index contributed by atoms with van der Waals surface area (Å²) in [5, 5.41) is 0. The molecule has 5 rings (SSSR count). The normalized spacial score (nSPS) is 17.7. The molecule has 2 aromatic rings. The molecule has 0 bridgehead atoms. The van der Waals surface area contributed by atoms with Crippen molar-refractivity contribution in [1.82, 2.24) is 14.9 Å². The highest BCUT2D eigenvalue weighted by molar-refractivity contribution is 5.87. The van der Waals surface area contributed by atoms with Crippen molar-refractivity contribution in [2.75, 3.05) is 87.7 Å². The maximum absolute atomic E-state index is 6.10. The summed E-state index contributed by atoms with van der Waals surface area (Å²) in [6.07, 6.45) is 24.2. The van der Waals surface area contributed by atoms with E-state index in [-0.39, 0.29) is 6.10 Å². The third-order valence-corrected chi connectivity index (χ3v) is 9.80. The number of hydrogen-bond donors (Lipinski definition) is 1. The fraction of sp³-hybridized carbons (Fsp3) is 0.477. The number of aromatic nitrogens is 2. The lowest BCUT2D eigenvalue weighted by molar-refractivity contribution is 0.0193. The first-order valence-electron chi connectivity index (χ1n) is 19.1. The van der Waals surface area contributed by atoms with Gasteiger partial charge in [0.2, 0.25) is 5.75 Å². The van der Waals surface area contributed by atoms with Gasteiger partial charge in [-0.2, -0.15) is 0 Å². The standard InChI is InChI=1S/C44H59N3O7/c1-32-12-10-15-36(30-32)42-41(35-13-8-7-9-14-35)45-44(46-42)37-21-20-34(19-18-33(37)2)40(51-6)31-47(22-24-48-3)23-25-52-26-27-53-28-29-54-43-38(49-4)16-11-17-39(43)50-5/h8,10-11,13-17,19-21,30,32,40H,7,9,12,18,22-29,31H2,1-6H3,(H,45,46)/t32-,40?/m0/s1. The largest absolute Gasteiger partial charge is 0.493 e. The molecule has 292 valence electrons. The summed E-state index contributed by atoms with van der Waals surface area (Å²) in [5.74, 6) is 3.20. The molecule has 54 heavy (non-hydrogen) atoms. The van der Waals surface area contributed by atoms with Crippen molar-refractivity contribution in [1.29, 1.82) is 0 Å². The number of rotatable bonds is 22. The minimum absolute atomic E-state index is 0.116. The summed E-state index contributed by atoms with van der Waals surface area (Å²) < 4.78 is 39.9. The Morgan fingerprint density at radius 3 is 2.28 bits per heavy atom. The summed E-state index contributed by atoms with van der Waals surface area (Å²) >= 11 is 0. The van der Waals surface area contributed by atoms with Crippen molar-refractivity contribution in [3.63, 3.8) is 0 Å². The lowest BCUT2D eigenvalue weighted by Gasteiger charge is -2.27. The molecule has 0 radical (unpaired) electrons. The first-order valence-corrected chi connectivity index (χ1v) is 19.1. The van der Waals surface area contributed by atoms with Gasteiger partial charge in [0, 0.05) is 39.4 Å². The molecule has 0 aliphatic heterocycles. The Morgan fingerprint density at radius 2 is 1.57 bits per heavy atom. The van der Waals surface area contributed by atoms with E-state index in [4.69, 9.17) is 38.1 Å². The van der Waals surface area contributed by atoms with Crippen LogP contribution in [0.5, 0.6) is 17.2 Å². The number of nitrogens with zero attached hydrogens (tertiary/aromatic N) is 2. The Hall–Kier alpha value is -4.19. The smallest absolute Gasteiger partial charge is 0.203 e. The zero-order valence-corrected chi connectivity index (χ0v) is 33.0. The SMILES string of the molecule is COCCN(CCOCCOCCOc1c(OC)cccc1OC)CC(OC)C1=CCC(C)=C(c2nc(C3=C[C@@H](C)CC=C3)c(C3=CCCC=C3)[nH]2)C=C1. The minimum Gasteiger partial charge on any atom is -0.493 e. The number of ether oxygens (including phenoxy) is 7. The molecule has 1 aromatic carbocycles. The third-order valence-electron chi connectivity index (χ3n) is 9.80. The second-order valence-corrected chi connectivity index (χ2v) is 13.7. The maximum atomic E-state index is 6.10. The van der Waals surface area contributed by atoms with E-state index in [1.54, 1.807) is 28.4 Å². The molecule has 1 unspecified atom stereocenters. The lowest BCUT2D eigenvalue weighted by atomic mass is 9.93. The van der Waals surface area contributed by atoms with Gasteiger partial charge in [0.05, 0.1) is 64.7 Å². The Bertz CT molecular complexity index is 1710. The second kappa shape index (κ2) is 21.6. The molecule has 3 aliphatic rings. The third kappa shape index (κ3) is 11.4. The molecule has 0 spiro atoms. The fourth-order valence-corrected chi connectivity index (χ4v) is 6.75. The fourth-order valence-electron chi connectivity index (χ4n) is 6.75. The van der Waals surface area contributed by atoms with E-state index in [1.807, 2.05) is 18.2 Å². The highest BCUT2D eigenvalue weighted by atomic mass is 16.6. The summed E-state index contributed by atoms with van der Waals surface area (Å²) in [4.78, 5) is 11.3. The average molecular weight is 742 g/mol. The maximum Gasteiger partial charge on any atom is 0.203 e. The number of hydrogen-bond acceptors (Lipinski definition) is 9. The number of allylic oxidation sites excluding steroid dienone is 12. The predicted molar refractivity (Wildman–Crippen MR) is 216 cm³/mol. The number of H-pyrrole nitrogens is 1. The van der Waals surface area contributed by atoms with Gasteiger partial charge in [-0.3, -0.25) is 4.90 Å². The van der Waals surface area contributed by atoms with E-state index >= 15 is 0 Å². The Balaban J connectivity index is 1.14. The summed E-state index contributed by atoms with van der Waals surface area (Å²) in [6.45, 7) is 9.61. The lowest BCUT2D eigenvalue weighted by Crippen LogP contribution is -2.38. The first-order chi connectivity index (χ1) is 26.4. The van der Waals surface area contributed by atoms with Gasteiger partial charge in [0.25, 0.3) is 0 Å². The monoisotopic (exact) mass is 741 g/mol. The van der Waals surface area contributed by atoms with Crippen LogP contribution in [0, 0.1) is 5.92 Å². The number of nitrogens with one attached hydrogen (secondary N) is 1. The van der Waals surface area contributed by atoms with Crippen molar-refractivity contribution in [3.8, 4) is 17.2 Å². The van der Waals surface area contributed by atoms with E-state index in [1.165, 1.54) is 16.7 Å². The van der Waals surface area contributed by atoms with Crippen LogP contribution in [-0.4, -0.2) is 109 Å². The molecule has 1 heterocycles. The number of para-hydroxylation sites is 1. The van der Waals surface area contributed by atoms with Crippen LogP contribution in [0.15, 0.2) is 84.0 Å². The molecule has 1 aromatic heterocycles. The number of aromatic amines is 1. The molecule has 0 amide bonds. The minimum atomic E-state index is -0.116. The van der Waals surface area contributed by atoms with E-state index in [0.29, 0.717) is 69.4 Å². The molecule has 3 aliphatic carbocycles. The molecule has 0 fully saturated rings. The number of imidazole rings is 1. The van der Waals surface area contributed by atoms with E-state index in [0.717, 1.165) is 67.1 Å². The van der Waals surface area contributed by atoms with Crippen LogP contribution < -0.4 is 14.2 Å². The van der Waals surface area contributed by atoms with Crippen molar-refractivity contribution < 1.29 is 33.2 Å². The van der Waals surface area contributed by atoms with Crippen LogP contribution in [0.4, 0.5) is 0 Å². The zero-order valence-electron chi connectivity index (χ0n) is 33.0. The van der Waals surface area contributed by atoms with Gasteiger partial charge in [-0.15, -0.1) is 0 Å². The van der Waals surface area contributed by atoms with Crippen LogP contribution in [0.1, 0.15) is 56.7 Å². The van der Waals surface area contributed by atoms with E-state index < -0.39 is 0 Å². The van der Waals surface area contributed by atoms with Crippen LogP contribution in [0.25, 0.3) is 16.7 Å². The number of benzene rings is 1. The van der Waals surface area contributed by atoms with Gasteiger partial charge in [-0.25, -0.2) is 4.98 Å². The molecular weight excluding hydrogens is 682 g/mol.